The van der Waals surface area contributed by atoms with E-state index in [0.717, 1.165) is 25.2 Å². The van der Waals surface area contributed by atoms with E-state index >= 15 is 0 Å². The van der Waals surface area contributed by atoms with Crippen molar-refractivity contribution < 1.29 is 13.9 Å². The molecule has 2 N–H and O–H groups in total. The van der Waals surface area contributed by atoms with Gasteiger partial charge in [0.1, 0.15) is 17.9 Å². The number of anilines is 4. The Morgan fingerprint density at radius 2 is 2.13 bits per heavy atom. The van der Waals surface area contributed by atoms with Gasteiger partial charge in [-0.05, 0) is 49.9 Å². The highest BCUT2D eigenvalue weighted by molar-refractivity contribution is 6.02. The number of amides is 1. The van der Waals surface area contributed by atoms with Gasteiger partial charge in [-0.25, -0.2) is 13.9 Å². The fourth-order valence-electron chi connectivity index (χ4n) is 4.67. The Kier molecular flexibility index (Phi) is 6.93. The van der Waals surface area contributed by atoms with Crippen molar-refractivity contribution in [3.8, 4) is 16.9 Å². The molecule has 10 nitrogen and oxygen atoms in total. The number of rotatable bonds is 8. The number of hydrogen-bond acceptors (Lipinski definition) is 8. The van der Waals surface area contributed by atoms with Crippen LogP contribution in [0.25, 0.3) is 16.8 Å². The molecule has 1 aliphatic heterocycles. The molecule has 4 aromatic rings. The Bertz CT molecular complexity index is 1500. The van der Waals surface area contributed by atoms with Crippen molar-refractivity contribution in [3.63, 3.8) is 0 Å². The van der Waals surface area contributed by atoms with Crippen LogP contribution in [0.5, 0.6) is 5.75 Å². The number of nitrogens with one attached hydrogen (secondary N) is 2. The highest BCUT2D eigenvalue weighted by Crippen LogP contribution is 2.39. The number of hydrogen-bond donors (Lipinski definition) is 2. The van der Waals surface area contributed by atoms with Gasteiger partial charge in [-0.2, -0.15) is 10.1 Å². The third-order valence-electron chi connectivity index (χ3n) is 6.71. The van der Waals surface area contributed by atoms with Gasteiger partial charge in [0.05, 0.1) is 30.4 Å². The van der Waals surface area contributed by atoms with E-state index in [9.17, 15) is 9.18 Å². The minimum atomic E-state index is -0.345. The van der Waals surface area contributed by atoms with Crippen LogP contribution in [0.4, 0.5) is 27.4 Å². The molecule has 0 saturated carbocycles. The maximum Gasteiger partial charge on any atom is 0.247 e. The third-order valence-corrected chi connectivity index (χ3v) is 6.71. The highest BCUT2D eigenvalue weighted by Gasteiger charge is 2.26. The van der Waals surface area contributed by atoms with Crippen molar-refractivity contribution in [2.24, 2.45) is 0 Å². The molecule has 5 rings (SSSR count). The van der Waals surface area contributed by atoms with E-state index in [4.69, 9.17) is 4.74 Å². The van der Waals surface area contributed by atoms with Gasteiger partial charge in [-0.15, -0.1) is 0 Å². The van der Waals surface area contributed by atoms with E-state index in [-0.39, 0.29) is 23.7 Å². The molecule has 0 radical (unpaired) electrons. The van der Waals surface area contributed by atoms with Crippen molar-refractivity contribution in [1.29, 1.82) is 0 Å². The number of aromatic nitrogens is 4. The second-order valence-corrected chi connectivity index (χ2v) is 9.22. The van der Waals surface area contributed by atoms with Gasteiger partial charge in [-0.3, -0.25) is 4.79 Å². The predicted octanol–water partition coefficient (Wildman–Crippen LogP) is 3.95. The molecule has 1 aliphatic rings. The largest absolute Gasteiger partial charge is 0.494 e. The number of ether oxygens (including phenoxy) is 1. The molecule has 0 bridgehead atoms. The quantitative estimate of drug-likeness (QED) is 0.340. The SMILES string of the molecule is C=CC(=O)Nc1cc(Nc2ncn3ncc(-c4cccc(F)c4)c3n2)c(OC)cc1N(C)C1CCN(C)C1. The first-order valence-corrected chi connectivity index (χ1v) is 12.2. The Morgan fingerprint density at radius 1 is 1.29 bits per heavy atom. The smallest absolute Gasteiger partial charge is 0.247 e. The zero-order chi connectivity index (χ0) is 26.8. The lowest BCUT2D eigenvalue weighted by atomic mass is 10.1. The number of carbonyl (C=O) groups excluding carboxylic acids is 1. The lowest BCUT2D eigenvalue weighted by molar-refractivity contribution is -0.111. The zero-order valence-corrected chi connectivity index (χ0v) is 21.5. The van der Waals surface area contributed by atoms with Crippen LogP contribution in [0.15, 0.2) is 61.6 Å². The third kappa shape index (κ3) is 5.00. The van der Waals surface area contributed by atoms with Crippen LogP contribution >= 0.6 is 0 Å². The first-order valence-electron chi connectivity index (χ1n) is 12.2. The summed E-state index contributed by atoms with van der Waals surface area (Å²) in [6, 6.07) is 10.2. The molecule has 1 amide bonds. The second kappa shape index (κ2) is 10.5. The molecule has 2 aromatic heterocycles. The molecule has 2 aromatic carbocycles. The number of methoxy groups -OCH3 is 1. The Hall–Kier alpha value is -4.51. The maximum atomic E-state index is 13.8. The summed E-state index contributed by atoms with van der Waals surface area (Å²) in [6.07, 6.45) is 5.39. The van der Waals surface area contributed by atoms with E-state index < -0.39 is 0 Å². The second-order valence-electron chi connectivity index (χ2n) is 9.22. The standard InChI is InChI=1S/C27H29FN8O2/c1-5-25(37)31-21-12-22(24(38-4)13-23(21)35(3)19-9-10-34(2)15-19)32-27-29-16-36-26(33-27)20(14-30-36)17-7-6-8-18(28)11-17/h5-8,11-14,16,19H,1,9-10,15H2,2-4H3,(H,31,37)(H,32,33). The summed E-state index contributed by atoms with van der Waals surface area (Å²) >= 11 is 0. The molecule has 1 fully saturated rings. The molecular formula is C27H29FN8O2. The number of carbonyl (C=O) groups is 1. The highest BCUT2D eigenvalue weighted by atomic mass is 19.1. The van der Waals surface area contributed by atoms with Crippen LogP contribution in [0, 0.1) is 5.82 Å². The van der Waals surface area contributed by atoms with Crippen molar-refractivity contribution in [1.82, 2.24) is 24.5 Å². The number of likely N-dealkylation sites (tertiary alicyclic amines) is 1. The molecule has 1 saturated heterocycles. The number of benzene rings is 2. The predicted molar refractivity (Wildman–Crippen MR) is 146 cm³/mol. The summed E-state index contributed by atoms with van der Waals surface area (Å²) in [5, 5.41) is 10.4. The topological polar surface area (TPSA) is 99.9 Å². The van der Waals surface area contributed by atoms with Gasteiger partial charge >= 0.3 is 0 Å². The Balaban J connectivity index is 1.52. The van der Waals surface area contributed by atoms with Gasteiger partial charge < -0.3 is 25.2 Å². The molecule has 0 spiro atoms. The van der Waals surface area contributed by atoms with Crippen molar-refractivity contribution in [3.05, 3.63) is 67.4 Å². The van der Waals surface area contributed by atoms with Crippen LogP contribution in [-0.2, 0) is 4.79 Å². The lowest BCUT2D eigenvalue weighted by Gasteiger charge is -2.29. The Morgan fingerprint density at radius 3 is 2.84 bits per heavy atom. The van der Waals surface area contributed by atoms with E-state index in [1.165, 1.54) is 29.1 Å². The minimum Gasteiger partial charge on any atom is -0.494 e. The average Bonchev–Trinajstić information content (AvgIpc) is 3.54. The fourth-order valence-corrected chi connectivity index (χ4v) is 4.67. The van der Waals surface area contributed by atoms with Gasteiger partial charge in [-0.1, -0.05) is 18.7 Å². The van der Waals surface area contributed by atoms with Gasteiger partial charge in [0.25, 0.3) is 0 Å². The normalized spacial score (nSPS) is 15.4. The average molecular weight is 517 g/mol. The first kappa shape index (κ1) is 25.2. The summed E-state index contributed by atoms with van der Waals surface area (Å²) in [6.45, 7) is 5.50. The van der Waals surface area contributed by atoms with E-state index in [2.05, 4.69) is 49.1 Å². The van der Waals surface area contributed by atoms with Gasteiger partial charge in [0.2, 0.25) is 11.9 Å². The van der Waals surface area contributed by atoms with E-state index in [1.54, 1.807) is 31.5 Å². The fraction of sp³-hybridized carbons (Fsp3) is 0.259. The molecular weight excluding hydrogens is 487 g/mol. The molecule has 3 heterocycles. The van der Waals surface area contributed by atoms with Crippen LogP contribution in [0.2, 0.25) is 0 Å². The Labute approximate surface area is 219 Å². The summed E-state index contributed by atoms with van der Waals surface area (Å²) in [4.78, 5) is 25.7. The summed E-state index contributed by atoms with van der Waals surface area (Å²) in [5.74, 6) is 0.170. The summed E-state index contributed by atoms with van der Waals surface area (Å²) in [5.41, 5.74) is 3.81. The lowest BCUT2D eigenvalue weighted by Crippen LogP contribution is -2.34. The number of fused-ring (bicyclic) bond motifs is 1. The molecule has 38 heavy (non-hydrogen) atoms. The molecule has 0 aliphatic carbocycles. The van der Waals surface area contributed by atoms with Crippen LogP contribution in [-0.4, -0.2) is 70.7 Å². The molecule has 11 heteroatoms. The first-order chi connectivity index (χ1) is 18.4. The van der Waals surface area contributed by atoms with Crippen LogP contribution in [0.3, 0.4) is 0 Å². The van der Waals surface area contributed by atoms with Crippen LogP contribution < -0.4 is 20.3 Å². The summed E-state index contributed by atoms with van der Waals surface area (Å²) < 4.78 is 21.1. The van der Waals surface area contributed by atoms with Crippen LogP contribution in [0.1, 0.15) is 6.42 Å². The van der Waals surface area contributed by atoms with Gasteiger partial charge in [0.15, 0.2) is 5.65 Å². The molecule has 1 unspecified atom stereocenters. The number of nitrogens with zero attached hydrogens (tertiary/aromatic N) is 6. The molecule has 196 valence electrons. The van der Waals surface area contributed by atoms with Crippen molar-refractivity contribution in [2.75, 3.05) is 49.8 Å². The zero-order valence-electron chi connectivity index (χ0n) is 21.5. The van der Waals surface area contributed by atoms with E-state index in [1.807, 2.05) is 13.1 Å². The van der Waals surface area contributed by atoms with Crippen molar-refractivity contribution in [2.45, 2.75) is 12.5 Å². The maximum absolute atomic E-state index is 13.8. The number of likely N-dealkylation sites (N-methyl/N-ethyl adjacent to an activating group) is 2. The number of halogens is 1. The van der Waals surface area contributed by atoms with Gasteiger partial charge in [0, 0.05) is 31.3 Å². The minimum absolute atomic E-state index is 0.286. The summed E-state index contributed by atoms with van der Waals surface area (Å²) in [7, 11) is 5.69. The monoisotopic (exact) mass is 516 g/mol. The van der Waals surface area contributed by atoms with E-state index in [0.29, 0.717) is 33.9 Å². The molecule has 1 atom stereocenters. The van der Waals surface area contributed by atoms with Crippen molar-refractivity contribution >= 4 is 34.6 Å².